The molecule has 2 heterocycles. The molecular weight excluding hydrogens is 424 g/mol. The summed E-state index contributed by atoms with van der Waals surface area (Å²) in [6.45, 7) is 13.7. The third-order valence-electron chi connectivity index (χ3n) is 6.80. The van der Waals surface area contributed by atoms with Gasteiger partial charge in [0.2, 0.25) is 0 Å². The minimum absolute atomic E-state index is 0.0598. The average Bonchev–Trinajstić information content (AvgIpc) is 3.26. The van der Waals surface area contributed by atoms with E-state index in [9.17, 15) is 10.2 Å². The number of aromatic nitrogens is 2. The van der Waals surface area contributed by atoms with E-state index in [0.29, 0.717) is 13.1 Å². The smallest absolute Gasteiger partial charge is 0.116 e. The highest BCUT2D eigenvalue weighted by Crippen LogP contribution is 2.39. The van der Waals surface area contributed by atoms with Crippen molar-refractivity contribution >= 4 is 21.8 Å². The van der Waals surface area contributed by atoms with E-state index in [-0.39, 0.29) is 13.2 Å². The van der Waals surface area contributed by atoms with Crippen LogP contribution in [0.15, 0.2) is 58.8 Å². The van der Waals surface area contributed by atoms with Gasteiger partial charge < -0.3 is 19.3 Å². The molecule has 2 N–H and O–H groups in total. The van der Waals surface area contributed by atoms with Crippen molar-refractivity contribution in [3.63, 3.8) is 0 Å². The van der Waals surface area contributed by atoms with Gasteiger partial charge in [0.05, 0.1) is 24.6 Å². The Balaban J connectivity index is 1.83. The van der Waals surface area contributed by atoms with Crippen molar-refractivity contribution in [3.05, 3.63) is 71.0 Å². The number of hydrogen-bond acceptors (Lipinski definition) is 4. The molecule has 0 aliphatic heterocycles. The molecule has 0 amide bonds. The molecule has 6 heteroatoms. The molecule has 180 valence electrons. The Morgan fingerprint density at radius 2 is 1.00 bits per heavy atom. The lowest BCUT2D eigenvalue weighted by Crippen LogP contribution is -2.25. The van der Waals surface area contributed by atoms with Gasteiger partial charge in [0, 0.05) is 34.9 Å². The van der Waals surface area contributed by atoms with Crippen LogP contribution < -0.4 is 0 Å². The molecule has 0 spiro atoms. The minimum Gasteiger partial charge on any atom is -0.395 e. The third kappa shape index (κ3) is 3.95. The van der Waals surface area contributed by atoms with Gasteiger partial charge in [-0.1, -0.05) is 36.4 Å². The molecular formula is C28H36N4O2. The van der Waals surface area contributed by atoms with Crippen LogP contribution in [-0.2, 0) is 24.2 Å². The molecule has 0 fully saturated rings. The molecule has 0 bridgehead atoms. The normalized spacial score (nSPS) is 13.1. The van der Waals surface area contributed by atoms with Crippen molar-refractivity contribution < 1.29 is 10.2 Å². The monoisotopic (exact) mass is 460 g/mol. The molecule has 4 aromatic rings. The maximum atomic E-state index is 9.77. The largest absolute Gasteiger partial charge is 0.395 e. The lowest BCUT2D eigenvalue weighted by molar-refractivity contribution is 0.270. The van der Waals surface area contributed by atoms with Crippen LogP contribution in [0.4, 0.5) is 0 Å². The van der Waals surface area contributed by atoms with Crippen molar-refractivity contribution in [1.29, 1.82) is 0 Å². The SMILES string of the molecule is Cc1c(C(C)(C)N=NC(C)(C)c2c(C)c3ccccc3n2CCO)n(CCO)c2ccccc12. The number of para-hydroxylation sites is 2. The maximum absolute atomic E-state index is 9.77. The molecule has 0 saturated heterocycles. The number of benzene rings is 2. The molecule has 0 atom stereocenters. The van der Waals surface area contributed by atoms with Gasteiger partial charge in [0.25, 0.3) is 0 Å². The van der Waals surface area contributed by atoms with E-state index >= 15 is 0 Å². The fourth-order valence-electron chi connectivity index (χ4n) is 5.54. The second-order valence-corrected chi connectivity index (χ2v) is 10.1. The fraction of sp³-hybridized carbons (Fsp3) is 0.429. The molecule has 0 unspecified atom stereocenters. The van der Waals surface area contributed by atoms with E-state index in [1.54, 1.807) is 0 Å². The lowest BCUT2D eigenvalue weighted by atomic mass is 9.96. The Kier molecular flexibility index (Phi) is 6.40. The Bertz CT molecular complexity index is 1250. The molecule has 0 saturated carbocycles. The summed E-state index contributed by atoms with van der Waals surface area (Å²) in [7, 11) is 0. The van der Waals surface area contributed by atoms with E-state index in [2.05, 4.69) is 74.9 Å². The zero-order valence-corrected chi connectivity index (χ0v) is 21.1. The fourth-order valence-corrected chi connectivity index (χ4v) is 5.54. The van der Waals surface area contributed by atoms with Gasteiger partial charge in [-0.15, -0.1) is 0 Å². The summed E-state index contributed by atoms with van der Waals surface area (Å²) >= 11 is 0. The zero-order chi connectivity index (χ0) is 24.7. The van der Waals surface area contributed by atoms with Gasteiger partial charge in [-0.2, -0.15) is 10.2 Å². The van der Waals surface area contributed by atoms with E-state index in [1.807, 2.05) is 24.3 Å². The van der Waals surface area contributed by atoms with Gasteiger partial charge in [0.1, 0.15) is 11.1 Å². The number of aryl methyl sites for hydroxylation is 2. The number of aliphatic hydroxyl groups is 2. The summed E-state index contributed by atoms with van der Waals surface area (Å²) in [6, 6.07) is 16.6. The first kappa shape index (κ1) is 24.2. The van der Waals surface area contributed by atoms with Gasteiger partial charge in [0.15, 0.2) is 0 Å². The van der Waals surface area contributed by atoms with Gasteiger partial charge in [-0.25, -0.2) is 0 Å². The molecule has 2 aromatic carbocycles. The van der Waals surface area contributed by atoms with Crippen LogP contribution in [0.5, 0.6) is 0 Å². The molecule has 34 heavy (non-hydrogen) atoms. The quantitative estimate of drug-likeness (QED) is 0.325. The van der Waals surface area contributed by atoms with Crippen molar-refractivity contribution in [2.75, 3.05) is 13.2 Å². The maximum Gasteiger partial charge on any atom is 0.116 e. The van der Waals surface area contributed by atoms with Crippen LogP contribution in [-0.4, -0.2) is 32.6 Å². The van der Waals surface area contributed by atoms with E-state index in [1.165, 1.54) is 10.8 Å². The van der Waals surface area contributed by atoms with Crippen molar-refractivity contribution in [1.82, 2.24) is 9.13 Å². The standard InChI is InChI=1S/C28H36N4O2/c1-19-21-11-7-9-13-23(21)31(15-17-33)25(19)27(3,4)29-30-28(5,6)26-20(2)22-12-8-10-14-24(22)32(26)16-18-34/h7-14,33-34H,15-18H2,1-6H3. The van der Waals surface area contributed by atoms with E-state index in [0.717, 1.165) is 33.5 Å². The van der Waals surface area contributed by atoms with Crippen molar-refractivity contribution in [2.24, 2.45) is 10.2 Å². The highest BCUT2D eigenvalue weighted by molar-refractivity contribution is 5.86. The second-order valence-electron chi connectivity index (χ2n) is 10.1. The predicted molar refractivity (Wildman–Crippen MR) is 138 cm³/mol. The van der Waals surface area contributed by atoms with Crippen LogP contribution in [0, 0.1) is 13.8 Å². The molecule has 2 aromatic heterocycles. The topological polar surface area (TPSA) is 75.0 Å². The number of nitrogens with zero attached hydrogens (tertiary/aromatic N) is 4. The Morgan fingerprint density at radius 1 is 0.647 bits per heavy atom. The number of aliphatic hydroxyl groups excluding tert-OH is 2. The van der Waals surface area contributed by atoms with Crippen molar-refractivity contribution in [3.8, 4) is 0 Å². The van der Waals surface area contributed by atoms with E-state index < -0.39 is 11.1 Å². The van der Waals surface area contributed by atoms with Gasteiger partial charge >= 0.3 is 0 Å². The molecule has 0 radical (unpaired) electrons. The Hall–Kier alpha value is -2.96. The molecule has 0 aliphatic carbocycles. The summed E-state index contributed by atoms with van der Waals surface area (Å²) in [5, 5.41) is 31.8. The van der Waals surface area contributed by atoms with Crippen LogP contribution in [0.2, 0.25) is 0 Å². The number of azo groups is 1. The number of rotatable bonds is 8. The molecule has 4 rings (SSSR count). The van der Waals surface area contributed by atoms with Crippen LogP contribution >= 0.6 is 0 Å². The van der Waals surface area contributed by atoms with Gasteiger partial charge in [-0.3, -0.25) is 0 Å². The minimum atomic E-state index is -0.600. The van der Waals surface area contributed by atoms with Crippen LogP contribution in [0.3, 0.4) is 0 Å². The summed E-state index contributed by atoms with van der Waals surface area (Å²) in [4.78, 5) is 0. The summed E-state index contributed by atoms with van der Waals surface area (Å²) in [5.74, 6) is 0. The highest BCUT2D eigenvalue weighted by Gasteiger charge is 2.33. The first-order valence-electron chi connectivity index (χ1n) is 12.0. The van der Waals surface area contributed by atoms with Crippen molar-refractivity contribution in [2.45, 2.75) is 65.7 Å². The Labute approximate surface area is 201 Å². The number of hydrogen-bond donors (Lipinski definition) is 2. The van der Waals surface area contributed by atoms with Gasteiger partial charge in [-0.05, 0) is 64.8 Å². The highest BCUT2D eigenvalue weighted by atomic mass is 16.3. The molecule has 0 aliphatic rings. The number of fused-ring (bicyclic) bond motifs is 2. The third-order valence-corrected chi connectivity index (χ3v) is 6.80. The van der Waals surface area contributed by atoms with Crippen LogP contribution in [0.1, 0.15) is 50.2 Å². The predicted octanol–water partition coefficient (Wildman–Crippen LogP) is 5.82. The Morgan fingerprint density at radius 3 is 1.35 bits per heavy atom. The van der Waals surface area contributed by atoms with Crippen LogP contribution in [0.25, 0.3) is 21.8 Å². The van der Waals surface area contributed by atoms with E-state index in [4.69, 9.17) is 10.2 Å². The lowest BCUT2D eigenvalue weighted by Gasteiger charge is -2.27. The second kappa shape index (κ2) is 9.01. The summed E-state index contributed by atoms with van der Waals surface area (Å²) in [5.41, 5.74) is 5.46. The first-order valence-corrected chi connectivity index (χ1v) is 12.0. The summed E-state index contributed by atoms with van der Waals surface area (Å²) in [6.07, 6.45) is 0. The first-order chi connectivity index (χ1) is 16.1. The molecule has 6 nitrogen and oxygen atoms in total. The zero-order valence-electron chi connectivity index (χ0n) is 21.1. The average molecular weight is 461 g/mol. The summed E-state index contributed by atoms with van der Waals surface area (Å²) < 4.78 is 4.34.